The Hall–Kier alpha value is -2.12. The van der Waals surface area contributed by atoms with Gasteiger partial charge in [0.15, 0.2) is 0 Å². The Kier molecular flexibility index (Phi) is 7.83. The fourth-order valence-electron chi connectivity index (χ4n) is 4.20. The number of nitrogens with one attached hydrogen (secondary N) is 1. The van der Waals surface area contributed by atoms with Crippen molar-refractivity contribution < 1.29 is 28.7 Å². The number of hydrogen-bond acceptors (Lipinski definition) is 6. The number of Topliss-reactive ketones (excluding diaryl/α,β-unsaturated/α-hetero) is 1. The Labute approximate surface area is 166 Å². The van der Waals surface area contributed by atoms with Crippen LogP contribution in [0.4, 0.5) is 4.79 Å². The van der Waals surface area contributed by atoms with Gasteiger partial charge in [0.2, 0.25) is 5.91 Å². The van der Waals surface area contributed by atoms with E-state index in [1.807, 2.05) is 13.8 Å². The lowest BCUT2D eigenvalue weighted by Gasteiger charge is -2.34. The van der Waals surface area contributed by atoms with Crippen LogP contribution in [0.5, 0.6) is 0 Å². The molecule has 1 N–H and O–H groups in total. The fraction of sp³-hybridized carbons (Fsp3) is 0.800. The lowest BCUT2D eigenvalue weighted by atomic mass is 9.93. The van der Waals surface area contributed by atoms with Gasteiger partial charge in [0.05, 0.1) is 13.2 Å². The molecule has 0 radical (unpaired) electrons. The number of carbonyl (C=O) groups excluding carboxylic acids is 4. The van der Waals surface area contributed by atoms with Gasteiger partial charge < -0.3 is 19.7 Å². The van der Waals surface area contributed by atoms with E-state index in [9.17, 15) is 19.2 Å². The number of fused-ring (bicyclic) bond motifs is 1. The molecule has 2 rings (SSSR count). The second-order valence-corrected chi connectivity index (χ2v) is 7.72. The predicted octanol–water partition coefficient (Wildman–Crippen LogP) is 2.05. The average Bonchev–Trinajstić information content (AvgIpc) is 2.93. The van der Waals surface area contributed by atoms with Crippen LogP contribution in [0, 0.1) is 11.8 Å². The van der Waals surface area contributed by atoms with Gasteiger partial charge in [0, 0.05) is 18.4 Å². The lowest BCUT2D eigenvalue weighted by molar-refractivity contribution is -0.155. The summed E-state index contributed by atoms with van der Waals surface area (Å²) < 4.78 is 10.1. The monoisotopic (exact) mass is 396 g/mol. The minimum atomic E-state index is -0.840. The van der Waals surface area contributed by atoms with Crippen LogP contribution in [0.25, 0.3) is 0 Å². The number of nitrogens with zero attached hydrogens (tertiary/aromatic N) is 1. The highest BCUT2D eigenvalue weighted by Gasteiger charge is 2.51. The smallest absolute Gasteiger partial charge is 0.407 e. The highest BCUT2D eigenvalue weighted by atomic mass is 16.5. The van der Waals surface area contributed by atoms with E-state index in [0.29, 0.717) is 12.8 Å². The molecular weight excluding hydrogens is 364 g/mol. The molecule has 28 heavy (non-hydrogen) atoms. The molecule has 8 heteroatoms. The Balaban J connectivity index is 2.33. The van der Waals surface area contributed by atoms with Crippen LogP contribution in [0.1, 0.15) is 59.8 Å². The second kappa shape index (κ2) is 9.89. The third-order valence-electron chi connectivity index (χ3n) is 5.52. The van der Waals surface area contributed by atoms with E-state index < -0.39 is 24.1 Å². The van der Waals surface area contributed by atoms with Crippen LogP contribution in [-0.2, 0) is 23.9 Å². The zero-order valence-electron chi connectivity index (χ0n) is 17.2. The number of alkyl carbamates (subject to hydrolysis) is 1. The minimum absolute atomic E-state index is 0.103. The van der Waals surface area contributed by atoms with Gasteiger partial charge in [0.1, 0.15) is 17.9 Å². The van der Waals surface area contributed by atoms with E-state index in [1.54, 1.807) is 13.8 Å². The first-order chi connectivity index (χ1) is 13.3. The Morgan fingerprint density at radius 2 is 1.82 bits per heavy atom. The minimum Gasteiger partial charge on any atom is -0.464 e. The quantitative estimate of drug-likeness (QED) is 0.690. The van der Waals surface area contributed by atoms with Crippen molar-refractivity contribution in [3.63, 3.8) is 0 Å². The third kappa shape index (κ3) is 4.83. The van der Waals surface area contributed by atoms with E-state index in [2.05, 4.69) is 5.32 Å². The van der Waals surface area contributed by atoms with Gasteiger partial charge in [-0.3, -0.25) is 9.59 Å². The van der Waals surface area contributed by atoms with Crippen LogP contribution in [-0.4, -0.2) is 60.0 Å². The fourth-order valence-corrected chi connectivity index (χ4v) is 4.20. The van der Waals surface area contributed by atoms with Crippen molar-refractivity contribution in [2.24, 2.45) is 11.8 Å². The molecule has 0 unspecified atom stereocenters. The van der Waals surface area contributed by atoms with Gasteiger partial charge in [-0.2, -0.15) is 0 Å². The normalized spacial score (nSPS) is 25.7. The van der Waals surface area contributed by atoms with E-state index in [0.717, 1.165) is 12.8 Å². The molecule has 1 heterocycles. The van der Waals surface area contributed by atoms with Gasteiger partial charge >= 0.3 is 12.1 Å². The number of ether oxygens (including phenoxy) is 2. The first kappa shape index (κ1) is 22.2. The lowest BCUT2D eigenvalue weighted by Crippen LogP contribution is -2.56. The summed E-state index contributed by atoms with van der Waals surface area (Å²) in [7, 11) is 0. The number of carbonyl (C=O) groups is 4. The van der Waals surface area contributed by atoms with Crippen LogP contribution in [0.15, 0.2) is 0 Å². The molecule has 4 atom stereocenters. The molecule has 1 aliphatic heterocycles. The number of amides is 2. The number of ketones is 1. The Bertz CT molecular complexity index is 606. The first-order valence-corrected chi connectivity index (χ1v) is 10.3. The summed E-state index contributed by atoms with van der Waals surface area (Å²) in [6, 6.07) is -1.97. The highest BCUT2D eigenvalue weighted by molar-refractivity contribution is 5.93. The maximum atomic E-state index is 13.5. The maximum Gasteiger partial charge on any atom is 0.407 e. The van der Waals surface area contributed by atoms with Crippen molar-refractivity contribution in [3.05, 3.63) is 0 Å². The topological polar surface area (TPSA) is 102 Å². The Morgan fingerprint density at radius 1 is 1.14 bits per heavy atom. The molecule has 1 saturated carbocycles. The number of esters is 1. The van der Waals surface area contributed by atoms with Gasteiger partial charge in [-0.1, -0.05) is 20.3 Å². The van der Waals surface area contributed by atoms with Crippen molar-refractivity contribution in [2.75, 3.05) is 13.2 Å². The third-order valence-corrected chi connectivity index (χ3v) is 5.52. The zero-order valence-corrected chi connectivity index (χ0v) is 17.2. The Morgan fingerprint density at radius 3 is 2.43 bits per heavy atom. The van der Waals surface area contributed by atoms with Gasteiger partial charge in [-0.25, -0.2) is 9.59 Å². The summed E-state index contributed by atoms with van der Waals surface area (Å²) in [4.78, 5) is 52.1. The first-order valence-electron chi connectivity index (χ1n) is 10.3. The summed E-state index contributed by atoms with van der Waals surface area (Å²) >= 11 is 0. The molecule has 0 bridgehead atoms. The van der Waals surface area contributed by atoms with E-state index in [1.165, 1.54) is 4.90 Å². The molecule has 158 valence electrons. The number of rotatable bonds is 6. The molecule has 0 aromatic carbocycles. The molecule has 2 amide bonds. The van der Waals surface area contributed by atoms with Gasteiger partial charge in [-0.15, -0.1) is 0 Å². The molecule has 1 aliphatic carbocycles. The van der Waals surface area contributed by atoms with Crippen LogP contribution < -0.4 is 5.32 Å². The highest BCUT2D eigenvalue weighted by Crippen LogP contribution is 2.38. The van der Waals surface area contributed by atoms with E-state index in [4.69, 9.17) is 9.47 Å². The van der Waals surface area contributed by atoms with E-state index in [-0.39, 0.29) is 49.2 Å². The molecule has 2 fully saturated rings. The van der Waals surface area contributed by atoms with Crippen molar-refractivity contribution >= 4 is 23.8 Å². The SMILES string of the molecule is CCOC(=O)N[C@@H](C(=O)N1[C@H](C(=O)OCC)C[C@@H]2C(=O)CCCC[C@@H]21)C(C)C. The van der Waals surface area contributed by atoms with Crippen molar-refractivity contribution in [2.45, 2.75) is 77.9 Å². The summed E-state index contributed by atoms with van der Waals surface area (Å²) in [5.41, 5.74) is 0. The predicted molar refractivity (Wildman–Crippen MR) is 101 cm³/mol. The summed E-state index contributed by atoms with van der Waals surface area (Å²) in [5, 5.41) is 2.62. The number of hydrogen-bond donors (Lipinski definition) is 1. The summed E-state index contributed by atoms with van der Waals surface area (Å²) in [5.74, 6) is -1.30. The molecule has 0 aromatic rings. The summed E-state index contributed by atoms with van der Waals surface area (Å²) in [6.45, 7) is 7.43. The molecular formula is C20H32N2O6. The van der Waals surface area contributed by atoms with Crippen molar-refractivity contribution in [1.82, 2.24) is 10.2 Å². The van der Waals surface area contributed by atoms with Gasteiger partial charge in [0.25, 0.3) is 0 Å². The maximum absolute atomic E-state index is 13.5. The summed E-state index contributed by atoms with van der Waals surface area (Å²) in [6.07, 6.45) is 2.39. The molecule has 8 nitrogen and oxygen atoms in total. The zero-order chi connectivity index (χ0) is 20.8. The molecule has 2 aliphatic rings. The van der Waals surface area contributed by atoms with Gasteiger partial charge in [-0.05, 0) is 39.0 Å². The van der Waals surface area contributed by atoms with Crippen molar-refractivity contribution in [3.8, 4) is 0 Å². The van der Waals surface area contributed by atoms with E-state index >= 15 is 0 Å². The van der Waals surface area contributed by atoms with Crippen LogP contribution in [0.3, 0.4) is 0 Å². The largest absolute Gasteiger partial charge is 0.464 e. The number of likely N-dealkylation sites (tertiary alicyclic amines) is 1. The van der Waals surface area contributed by atoms with Crippen molar-refractivity contribution in [1.29, 1.82) is 0 Å². The standard InChI is InChI=1S/C20H32N2O6/c1-5-27-19(25)15-11-13-14(9-7-8-10-16(13)23)22(15)18(24)17(12(3)4)21-20(26)28-6-2/h12-15,17H,5-11H2,1-4H3,(H,21,26)/t13-,14-,15-,17+/m0/s1. The molecule has 0 aromatic heterocycles. The second-order valence-electron chi connectivity index (χ2n) is 7.72. The molecule has 0 spiro atoms. The molecule has 1 saturated heterocycles. The average molecular weight is 396 g/mol. The van der Waals surface area contributed by atoms with Crippen LogP contribution in [0.2, 0.25) is 0 Å². The van der Waals surface area contributed by atoms with Crippen LogP contribution >= 0.6 is 0 Å².